The van der Waals surface area contributed by atoms with Crippen molar-refractivity contribution in [1.82, 2.24) is 10.6 Å². The lowest BCUT2D eigenvalue weighted by atomic mass is 9.97. The summed E-state index contributed by atoms with van der Waals surface area (Å²) in [6, 6.07) is 0.275. The van der Waals surface area contributed by atoms with Gasteiger partial charge < -0.3 is 15.4 Å². The summed E-state index contributed by atoms with van der Waals surface area (Å²) in [4.78, 5) is 12.0. The zero-order valence-corrected chi connectivity index (χ0v) is 11.1. The fourth-order valence-corrected chi connectivity index (χ4v) is 2.22. The van der Waals surface area contributed by atoms with Gasteiger partial charge >= 0.3 is 0 Å². The molecule has 1 rings (SSSR count). The Morgan fingerprint density at radius 2 is 2.12 bits per heavy atom. The summed E-state index contributed by atoms with van der Waals surface area (Å²) in [5, 5.41) is 6.38. The van der Waals surface area contributed by atoms with Crippen LogP contribution in [0.4, 0.5) is 0 Å². The average molecular weight is 242 g/mol. The number of hydrogen-bond donors (Lipinski definition) is 2. The van der Waals surface area contributed by atoms with E-state index in [9.17, 15) is 4.79 Å². The van der Waals surface area contributed by atoms with Crippen LogP contribution >= 0.6 is 0 Å². The third-order valence-corrected chi connectivity index (χ3v) is 3.17. The van der Waals surface area contributed by atoms with E-state index in [1.165, 1.54) is 0 Å². The number of carbonyl (C=O) groups is 1. The first-order chi connectivity index (χ1) is 8.27. The highest BCUT2D eigenvalue weighted by atomic mass is 16.5. The molecule has 0 spiro atoms. The number of amides is 1. The van der Waals surface area contributed by atoms with Crippen molar-refractivity contribution in [2.45, 2.75) is 45.6 Å². The molecule has 1 fully saturated rings. The van der Waals surface area contributed by atoms with Gasteiger partial charge in [0.15, 0.2) is 0 Å². The molecule has 0 bridgehead atoms. The van der Waals surface area contributed by atoms with Gasteiger partial charge in [0.1, 0.15) is 0 Å². The normalized spacial score (nSPS) is 20.5. The van der Waals surface area contributed by atoms with E-state index < -0.39 is 0 Å². The Hall–Kier alpha value is -0.610. The van der Waals surface area contributed by atoms with Gasteiger partial charge in [-0.05, 0) is 12.8 Å². The minimum atomic E-state index is 0.189. The molecule has 0 aliphatic carbocycles. The molecule has 2 N–H and O–H groups in total. The second-order valence-corrected chi connectivity index (χ2v) is 4.75. The van der Waals surface area contributed by atoms with Crippen molar-refractivity contribution in [3.05, 3.63) is 0 Å². The Bertz CT molecular complexity index is 209. The molecular weight excluding hydrogens is 216 g/mol. The zero-order chi connectivity index (χ0) is 12.5. The van der Waals surface area contributed by atoms with Gasteiger partial charge in [-0.2, -0.15) is 0 Å². The van der Waals surface area contributed by atoms with Crippen molar-refractivity contribution < 1.29 is 9.53 Å². The van der Waals surface area contributed by atoms with E-state index in [2.05, 4.69) is 24.5 Å². The van der Waals surface area contributed by atoms with E-state index in [1.807, 2.05) is 0 Å². The smallest absolute Gasteiger partial charge is 0.223 e. The maximum Gasteiger partial charge on any atom is 0.223 e. The first kappa shape index (κ1) is 14.5. The molecule has 1 aliphatic rings. The number of nitrogens with one attached hydrogen (secondary N) is 2. The van der Waals surface area contributed by atoms with Crippen molar-refractivity contribution in [2.24, 2.45) is 5.92 Å². The molecule has 1 unspecified atom stereocenters. The van der Waals surface area contributed by atoms with Gasteiger partial charge in [-0.15, -0.1) is 0 Å². The number of rotatable bonds is 7. The van der Waals surface area contributed by atoms with Gasteiger partial charge in [0.05, 0.1) is 13.2 Å². The van der Waals surface area contributed by atoms with Crippen LogP contribution < -0.4 is 10.6 Å². The fourth-order valence-electron chi connectivity index (χ4n) is 2.22. The molecule has 1 atom stereocenters. The van der Waals surface area contributed by atoms with Crippen LogP contribution in [0, 0.1) is 5.92 Å². The fraction of sp³-hybridized carbons (Fsp3) is 0.923. The third kappa shape index (κ3) is 5.50. The van der Waals surface area contributed by atoms with Crippen LogP contribution in [0.3, 0.4) is 0 Å². The van der Waals surface area contributed by atoms with Gasteiger partial charge in [-0.25, -0.2) is 0 Å². The van der Waals surface area contributed by atoms with E-state index in [0.29, 0.717) is 13.2 Å². The third-order valence-electron chi connectivity index (χ3n) is 3.17. The molecule has 100 valence electrons. The summed E-state index contributed by atoms with van der Waals surface area (Å²) in [6.07, 6.45) is 4.13. The number of carbonyl (C=O) groups excluding carboxylic acids is 1. The molecule has 0 aromatic rings. The number of hydrogen-bond acceptors (Lipinski definition) is 3. The lowest BCUT2D eigenvalue weighted by Crippen LogP contribution is -2.49. The Morgan fingerprint density at radius 1 is 1.41 bits per heavy atom. The lowest BCUT2D eigenvalue weighted by molar-refractivity contribution is -0.125. The van der Waals surface area contributed by atoms with E-state index in [-0.39, 0.29) is 17.9 Å². The first-order valence-electron chi connectivity index (χ1n) is 6.86. The maximum absolute atomic E-state index is 12.0. The van der Waals surface area contributed by atoms with Crippen LogP contribution in [-0.2, 0) is 9.53 Å². The Labute approximate surface area is 104 Å². The summed E-state index contributed by atoms with van der Waals surface area (Å²) < 4.78 is 5.36. The summed E-state index contributed by atoms with van der Waals surface area (Å²) in [5.41, 5.74) is 0. The standard InChI is InChI=1S/C13H26N2O2/c1-3-5-11(6-4-2)13(16)15-9-12-10-17-8-7-14-12/h11-12,14H,3-10H2,1-2H3,(H,15,16). The molecule has 0 radical (unpaired) electrons. The quantitative estimate of drug-likeness (QED) is 0.707. The van der Waals surface area contributed by atoms with Gasteiger partial charge in [-0.1, -0.05) is 26.7 Å². The van der Waals surface area contributed by atoms with Gasteiger partial charge in [0.2, 0.25) is 5.91 Å². The molecule has 1 heterocycles. The molecule has 1 amide bonds. The second-order valence-electron chi connectivity index (χ2n) is 4.75. The Kier molecular flexibility index (Phi) is 7.21. The van der Waals surface area contributed by atoms with Crippen LogP contribution in [0.2, 0.25) is 0 Å². The maximum atomic E-state index is 12.0. The lowest BCUT2D eigenvalue weighted by Gasteiger charge is -2.25. The molecule has 4 nitrogen and oxygen atoms in total. The van der Waals surface area contributed by atoms with Gasteiger partial charge in [0.25, 0.3) is 0 Å². The SMILES string of the molecule is CCCC(CCC)C(=O)NCC1COCCN1. The first-order valence-corrected chi connectivity index (χ1v) is 6.86. The van der Waals surface area contributed by atoms with Crippen LogP contribution in [-0.4, -0.2) is 38.3 Å². The average Bonchev–Trinajstić information content (AvgIpc) is 2.37. The van der Waals surface area contributed by atoms with Crippen molar-refractivity contribution in [2.75, 3.05) is 26.3 Å². The number of ether oxygens (including phenoxy) is 1. The molecule has 4 heteroatoms. The highest BCUT2D eigenvalue weighted by Gasteiger charge is 2.18. The second kappa shape index (κ2) is 8.48. The van der Waals surface area contributed by atoms with Crippen LogP contribution in [0.25, 0.3) is 0 Å². The van der Waals surface area contributed by atoms with Gasteiger partial charge in [-0.3, -0.25) is 4.79 Å². The minimum Gasteiger partial charge on any atom is -0.378 e. The zero-order valence-electron chi connectivity index (χ0n) is 11.1. The van der Waals surface area contributed by atoms with E-state index in [0.717, 1.165) is 38.8 Å². The molecular formula is C13H26N2O2. The molecule has 0 aromatic heterocycles. The minimum absolute atomic E-state index is 0.189. The predicted octanol–water partition coefficient (Wildman–Crippen LogP) is 1.31. The van der Waals surface area contributed by atoms with E-state index in [1.54, 1.807) is 0 Å². The highest BCUT2D eigenvalue weighted by Crippen LogP contribution is 2.13. The number of morpholine rings is 1. The Morgan fingerprint density at radius 3 is 2.65 bits per heavy atom. The van der Waals surface area contributed by atoms with Crippen LogP contribution in [0.1, 0.15) is 39.5 Å². The summed E-state index contributed by atoms with van der Waals surface area (Å²) in [5.74, 6) is 0.399. The molecule has 0 aromatic carbocycles. The molecule has 1 aliphatic heterocycles. The monoisotopic (exact) mass is 242 g/mol. The van der Waals surface area contributed by atoms with Crippen LogP contribution in [0.5, 0.6) is 0 Å². The van der Waals surface area contributed by atoms with Crippen LogP contribution in [0.15, 0.2) is 0 Å². The Balaban J connectivity index is 2.25. The van der Waals surface area contributed by atoms with Gasteiger partial charge in [0, 0.05) is 25.0 Å². The summed E-state index contributed by atoms with van der Waals surface area (Å²) >= 11 is 0. The van der Waals surface area contributed by atoms with Crippen molar-refractivity contribution in [1.29, 1.82) is 0 Å². The van der Waals surface area contributed by atoms with Crippen molar-refractivity contribution >= 4 is 5.91 Å². The summed E-state index contributed by atoms with van der Waals surface area (Å²) in [6.45, 7) is 7.31. The van der Waals surface area contributed by atoms with E-state index in [4.69, 9.17) is 4.74 Å². The molecule has 0 saturated carbocycles. The summed E-state index contributed by atoms with van der Waals surface area (Å²) in [7, 11) is 0. The highest BCUT2D eigenvalue weighted by molar-refractivity contribution is 5.78. The molecule has 17 heavy (non-hydrogen) atoms. The van der Waals surface area contributed by atoms with Crippen molar-refractivity contribution in [3.8, 4) is 0 Å². The molecule has 1 saturated heterocycles. The predicted molar refractivity (Wildman–Crippen MR) is 68.9 cm³/mol. The van der Waals surface area contributed by atoms with Crippen molar-refractivity contribution in [3.63, 3.8) is 0 Å². The largest absolute Gasteiger partial charge is 0.378 e. The van der Waals surface area contributed by atoms with E-state index >= 15 is 0 Å². The topological polar surface area (TPSA) is 50.4 Å².